The lowest BCUT2D eigenvalue weighted by molar-refractivity contribution is 0.391. The standard InChI is InChI=1S/C18H21NO5S/c1-22-14-6-4-13(5-7-14)18(10-11-18)19-25(20,21)17-12-15(23-2)8-9-16(17)24-3/h4-9,12,19H,10-11H2,1-3H3. The smallest absolute Gasteiger partial charge is 0.245 e. The van der Waals surface area contributed by atoms with Crippen LogP contribution in [0.2, 0.25) is 0 Å². The van der Waals surface area contributed by atoms with E-state index in [9.17, 15) is 8.42 Å². The minimum atomic E-state index is -3.78. The van der Waals surface area contributed by atoms with Crippen LogP contribution < -0.4 is 18.9 Å². The van der Waals surface area contributed by atoms with Crippen molar-refractivity contribution in [1.29, 1.82) is 0 Å². The van der Waals surface area contributed by atoms with Gasteiger partial charge < -0.3 is 14.2 Å². The number of ether oxygens (including phenoxy) is 3. The van der Waals surface area contributed by atoms with Gasteiger partial charge in [0.1, 0.15) is 22.1 Å². The van der Waals surface area contributed by atoms with E-state index in [1.165, 1.54) is 20.3 Å². The van der Waals surface area contributed by atoms with Gasteiger partial charge in [0.25, 0.3) is 0 Å². The summed E-state index contributed by atoms with van der Waals surface area (Å²) in [7, 11) is 0.749. The van der Waals surface area contributed by atoms with Gasteiger partial charge in [-0.25, -0.2) is 13.1 Å². The highest BCUT2D eigenvalue weighted by atomic mass is 32.2. The van der Waals surface area contributed by atoms with Crippen LogP contribution in [0.4, 0.5) is 0 Å². The molecule has 1 N–H and O–H groups in total. The molecule has 2 aromatic rings. The maximum atomic E-state index is 13.0. The lowest BCUT2D eigenvalue weighted by Gasteiger charge is -2.20. The van der Waals surface area contributed by atoms with E-state index in [-0.39, 0.29) is 10.6 Å². The van der Waals surface area contributed by atoms with Crippen molar-refractivity contribution < 1.29 is 22.6 Å². The Hall–Kier alpha value is -2.25. The summed E-state index contributed by atoms with van der Waals surface area (Å²) in [6, 6.07) is 12.1. The molecule has 7 heteroatoms. The number of rotatable bonds is 7. The zero-order chi connectivity index (χ0) is 18.1. The van der Waals surface area contributed by atoms with E-state index in [0.717, 1.165) is 24.2 Å². The molecule has 0 heterocycles. The van der Waals surface area contributed by atoms with E-state index < -0.39 is 15.6 Å². The predicted octanol–water partition coefficient (Wildman–Crippen LogP) is 2.68. The third kappa shape index (κ3) is 3.43. The normalized spacial score (nSPS) is 15.5. The molecule has 2 aromatic carbocycles. The topological polar surface area (TPSA) is 73.9 Å². The van der Waals surface area contributed by atoms with E-state index in [2.05, 4.69) is 4.72 Å². The summed E-state index contributed by atoms with van der Waals surface area (Å²) in [6.07, 6.45) is 1.48. The van der Waals surface area contributed by atoms with Gasteiger partial charge in [0.15, 0.2) is 0 Å². The molecule has 25 heavy (non-hydrogen) atoms. The fourth-order valence-electron chi connectivity index (χ4n) is 2.79. The number of hydrogen-bond donors (Lipinski definition) is 1. The van der Waals surface area contributed by atoms with Crippen molar-refractivity contribution in [3.05, 3.63) is 48.0 Å². The quantitative estimate of drug-likeness (QED) is 0.819. The van der Waals surface area contributed by atoms with Crippen molar-refractivity contribution in [2.45, 2.75) is 23.3 Å². The third-order valence-corrected chi connectivity index (χ3v) is 5.94. The minimum Gasteiger partial charge on any atom is -0.497 e. The van der Waals surface area contributed by atoms with E-state index in [1.54, 1.807) is 19.2 Å². The summed E-state index contributed by atoms with van der Waals surface area (Å²) >= 11 is 0. The summed E-state index contributed by atoms with van der Waals surface area (Å²) in [5, 5.41) is 0. The van der Waals surface area contributed by atoms with Gasteiger partial charge in [0.05, 0.1) is 26.9 Å². The number of nitrogens with one attached hydrogen (secondary N) is 1. The Morgan fingerprint density at radius 2 is 1.48 bits per heavy atom. The average Bonchev–Trinajstić information content (AvgIpc) is 3.41. The van der Waals surface area contributed by atoms with E-state index >= 15 is 0 Å². The number of sulfonamides is 1. The lowest BCUT2D eigenvalue weighted by atomic mass is 10.1. The first-order valence-corrected chi connectivity index (χ1v) is 9.33. The first-order chi connectivity index (χ1) is 11.9. The van der Waals surface area contributed by atoms with E-state index in [0.29, 0.717) is 5.75 Å². The van der Waals surface area contributed by atoms with Crippen LogP contribution in [0.25, 0.3) is 0 Å². The fourth-order valence-corrected chi connectivity index (χ4v) is 4.42. The largest absolute Gasteiger partial charge is 0.497 e. The summed E-state index contributed by atoms with van der Waals surface area (Å²) < 4.78 is 44.3. The molecule has 1 aliphatic carbocycles. The molecule has 0 atom stereocenters. The Bertz CT molecular complexity index is 858. The van der Waals surface area contributed by atoms with Gasteiger partial charge in [0.2, 0.25) is 10.0 Å². The van der Waals surface area contributed by atoms with Gasteiger partial charge in [-0.15, -0.1) is 0 Å². The summed E-state index contributed by atoms with van der Waals surface area (Å²) in [4.78, 5) is 0.0640. The lowest BCUT2D eigenvalue weighted by Crippen LogP contribution is -2.35. The Labute approximate surface area is 147 Å². The molecule has 1 saturated carbocycles. The summed E-state index contributed by atoms with van der Waals surface area (Å²) in [6.45, 7) is 0. The highest BCUT2D eigenvalue weighted by molar-refractivity contribution is 7.89. The van der Waals surface area contributed by atoms with Crippen molar-refractivity contribution in [2.75, 3.05) is 21.3 Å². The van der Waals surface area contributed by atoms with E-state index in [4.69, 9.17) is 14.2 Å². The van der Waals surface area contributed by atoms with Crippen LogP contribution in [0, 0.1) is 0 Å². The Kier molecular flexibility index (Phi) is 4.62. The van der Waals surface area contributed by atoms with Crippen LogP contribution in [0.15, 0.2) is 47.4 Å². The SMILES string of the molecule is COc1ccc(C2(NS(=O)(=O)c3cc(OC)ccc3OC)CC2)cc1. The average molecular weight is 363 g/mol. The van der Waals surface area contributed by atoms with Crippen LogP contribution in [0.3, 0.4) is 0 Å². The maximum absolute atomic E-state index is 13.0. The van der Waals surface area contributed by atoms with Crippen LogP contribution in [-0.4, -0.2) is 29.7 Å². The van der Waals surface area contributed by atoms with Crippen molar-refractivity contribution in [3.63, 3.8) is 0 Å². The molecule has 3 rings (SSSR count). The van der Waals surface area contributed by atoms with Gasteiger partial charge in [-0.3, -0.25) is 0 Å². The van der Waals surface area contributed by atoms with Gasteiger partial charge in [-0.05, 0) is 42.7 Å². The molecule has 0 spiro atoms. The second kappa shape index (κ2) is 6.57. The Balaban J connectivity index is 1.93. The fraction of sp³-hybridized carbons (Fsp3) is 0.333. The van der Waals surface area contributed by atoms with Gasteiger partial charge in [0, 0.05) is 6.07 Å². The molecule has 134 valence electrons. The van der Waals surface area contributed by atoms with Crippen molar-refractivity contribution >= 4 is 10.0 Å². The minimum absolute atomic E-state index is 0.0640. The van der Waals surface area contributed by atoms with Gasteiger partial charge >= 0.3 is 0 Å². The third-order valence-electron chi connectivity index (χ3n) is 4.38. The molecule has 0 aliphatic heterocycles. The number of hydrogen-bond acceptors (Lipinski definition) is 5. The zero-order valence-electron chi connectivity index (χ0n) is 14.4. The first kappa shape index (κ1) is 17.6. The predicted molar refractivity (Wildman–Crippen MR) is 93.8 cm³/mol. The van der Waals surface area contributed by atoms with Crippen LogP contribution in [-0.2, 0) is 15.6 Å². The van der Waals surface area contributed by atoms with Crippen LogP contribution in [0.5, 0.6) is 17.2 Å². The molecule has 0 unspecified atom stereocenters. The second-order valence-electron chi connectivity index (χ2n) is 5.93. The maximum Gasteiger partial charge on any atom is 0.245 e. The van der Waals surface area contributed by atoms with Crippen molar-refractivity contribution in [1.82, 2.24) is 4.72 Å². The van der Waals surface area contributed by atoms with Crippen molar-refractivity contribution in [2.24, 2.45) is 0 Å². The molecule has 1 fully saturated rings. The van der Waals surface area contributed by atoms with Crippen molar-refractivity contribution in [3.8, 4) is 17.2 Å². The molecule has 0 bridgehead atoms. The number of benzene rings is 2. The highest BCUT2D eigenvalue weighted by Gasteiger charge is 2.48. The molecular weight excluding hydrogens is 342 g/mol. The zero-order valence-corrected chi connectivity index (χ0v) is 15.2. The molecule has 1 aliphatic rings. The first-order valence-electron chi connectivity index (χ1n) is 7.85. The van der Waals surface area contributed by atoms with E-state index in [1.807, 2.05) is 24.3 Å². The van der Waals surface area contributed by atoms with Crippen LogP contribution >= 0.6 is 0 Å². The number of methoxy groups -OCH3 is 3. The molecule has 0 saturated heterocycles. The van der Waals surface area contributed by atoms with Crippen LogP contribution in [0.1, 0.15) is 18.4 Å². The second-order valence-corrected chi connectivity index (χ2v) is 7.58. The molecule has 6 nitrogen and oxygen atoms in total. The van der Waals surface area contributed by atoms with Gasteiger partial charge in [-0.1, -0.05) is 12.1 Å². The molecular formula is C18H21NO5S. The molecule has 0 aromatic heterocycles. The Morgan fingerprint density at radius 3 is 2.00 bits per heavy atom. The molecule has 0 amide bonds. The monoisotopic (exact) mass is 363 g/mol. The summed E-state index contributed by atoms with van der Waals surface area (Å²) in [5.41, 5.74) is 0.331. The molecule has 0 radical (unpaired) electrons. The Morgan fingerprint density at radius 1 is 0.880 bits per heavy atom. The van der Waals surface area contributed by atoms with Gasteiger partial charge in [-0.2, -0.15) is 0 Å². The highest BCUT2D eigenvalue weighted by Crippen LogP contribution is 2.47. The summed E-state index contributed by atoms with van der Waals surface area (Å²) in [5.74, 6) is 1.46.